The number of ether oxygens (including phenoxy) is 1. The number of hydrogen-bond donors (Lipinski definition) is 1. The fourth-order valence-corrected chi connectivity index (χ4v) is 3.25. The zero-order chi connectivity index (χ0) is 14.1. The molecule has 3 rings (SSSR count). The van der Waals surface area contributed by atoms with E-state index < -0.39 is 0 Å². The quantitative estimate of drug-likeness (QED) is 0.798. The van der Waals surface area contributed by atoms with Gasteiger partial charge in [-0.1, -0.05) is 34.1 Å². The number of rotatable bonds is 2. The Morgan fingerprint density at radius 1 is 1.20 bits per heavy atom. The summed E-state index contributed by atoms with van der Waals surface area (Å²) in [5, 5.41) is 0. The van der Waals surface area contributed by atoms with Crippen LogP contribution in [0.25, 0.3) is 0 Å². The summed E-state index contributed by atoms with van der Waals surface area (Å²) in [6.45, 7) is 0. The molecule has 0 amide bonds. The predicted octanol–water partition coefficient (Wildman–Crippen LogP) is 4.69. The zero-order valence-electron chi connectivity index (χ0n) is 11.2. The van der Waals surface area contributed by atoms with Gasteiger partial charge in [0.25, 0.3) is 0 Å². The Morgan fingerprint density at radius 2 is 1.95 bits per heavy atom. The maximum Gasteiger partial charge on any atom is 0.126 e. The molecule has 2 nitrogen and oxygen atoms in total. The molecule has 4 heteroatoms. The lowest BCUT2D eigenvalue weighted by Gasteiger charge is -2.30. The molecule has 1 aliphatic heterocycles. The predicted molar refractivity (Wildman–Crippen MR) is 87.3 cm³/mol. The molecule has 104 valence electrons. The van der Waals surface area contributed by atoms with Crippen molar-refractivity contribution in [2.24, 2.45) is 5.73 Å². The van der Waals surface area contributed by atoms with Crippen LogP contribution in [0, 0.1) is 0 Å². The maximum atomic E-state index is 6.28. The molecule has 0 fully saturated rings. The van der Waals surface area contributed by atoms with Gasteiger partial charge >= 0.3 is 0 Å². The van der Waals surface area contributed by atoms with Crippen LogP contribution < -0.4 is 10.5 Å². The van der Waals surface area contributed by atoms with Crippen LogP contribution >= 0.6 is 27.7 Å². The fourth-order valence-electron chi connectivity index (χ4n) is 2.50. The van der Waals surface area contributed by atoms with E-state index in [1.54, 1.807) is 11.8 Å². The van der Waals surface area contributed by atoms with Gasteiger partial charge in [-0.2, -0.15) is 0 Å². The molecule has 1 heterocycles. The highest BCUT2D eigenvalue weighted by molar-refractivity contribution is 9.10. The number of halogens is 1. The van der Waals surface area contributed by atoms with Crippen molar-refractivity contribution in [2.45, 2.75) is 23.5 Å². The van der Waals surface area contributed by atoms with Crippen molar-refractivity contribution in [3.8, 4) is 5.75 Å². The smallest absolute Gasteiger partial charge is 0.126 e. The second-order valence-electron chi connectivity index (χ2n) is 4.90. The summed E-state index contributed by atoms with van der Waals surface area (Å²) in [5.74, 6) is 0.886. The van der Waals surface area contributed by atoms with Crippen LogP contribution in [0.3, 0.4) is 0 Å². The molecule has 0 aromatic heterocycles. The maximum absolute atomic E-state index is 6.28. The zero-order valence-corrected chi connectivity index (χ0v) is 13.6. The van der Waals surface area contributed by atoms with E-state index in [2.05, 4.69) is 46.5 Å². The van der Waals surface area contributed by atoms with Crippen molar-refractivity contribution in [3.63, 3.8) is 0 Å². The lowest BCUT2D eigenvalue weighted by atomic mass is 9.94. The lowest BCUT2D eigenvalue weighted by molar-refractivity contribution is 0.161. The van der Waals surface area contributed by atoms with Gasteiger partial charge in [0.2, 0.25) is 0 Å². The molecule has 2 aromatic carbocycles. The summed E-state index contributed by atoms with van der Waals surface area (Å²) < 4.78 is 7.14. The van der Waals surface area contributed by atoms with Gasteiger partial charge in [0.1, 0.15) is 11.9 Å². The van der Waals surface area contributed by atoms with E-state index in [9.17, 15) is 0 Å². The molecule has 2 N–H and O–H groups in total. The van der Waals surface area contributed by atoms with E-state index in [1.165, 1.54) is 10.5 Å². The summed E-state index contributed by atoms with van der Waals surface area (Å²) in [7, 11) is 0. The van der Waals surface area contributed by atoms with E-state index in [0.29, 0.717) is 0 Å². The first-order valence-electron chi connectivity index (χ1n) is 6.53. The Labute approximate surface area is 131 Å². The second kappa shape index (κ2) is 5.80. The van der Waals surface area contributed by atoms with Crippen molar-refractivity contribution < 1.29 is 4.74 Å². The van der Waals surface area contributed by atoms with Gasteiger partial charge in [0.15, 0.2) is 0 Å². The van der Waals surface area contributed by atoms with E-state index in [0.717, 1.165) is 22.2 Å². The first kappa shape index (κ1) is 14.0. The molecule has 0 saturated carbocycles. The van der Waals surface area contributed by atoms with Crippen molar-refractivity contribution in [1.82, 2.24) is 0 Å². The molecule has 1 aliphatic rings. The van der Waals surface area contributed by atoms with Gasteiger partial charge in [-0.15, -0.1) is 11.8 Å². The van der Waals surface area contributed by atoms with Gasteiger partial charge in [-0.25, -0.2) is 0 Å². The summed E-state index contributed by atoms with van der Waals surface area (Å²) in [5.41, 5.74) is 8.55. The van der Waals surface area contributed by atoms with Crippen LogP contribution in [0.5, 0.6) is 5.75 Å². The molecule has 2 aromatic rings. The lowest BCUT2D eigenvalue weighted by Crippen LogP contribution is -2.24. The highest BCUT2D eigenvalue weighted by Gasteiger charge is 2.27. The molecule has 0 spiro atoms. The Kier molecular flexibility index (Phi) is 4.06. The van der Waals surface area contributed by atoms with Crippen LogP contribution in [-0.4, -0.2) is 6.26 Å². The number of benzene rings is 2. The van der Waals surface area contributed by atoms with Gasteiger partial charge < -0.3 is 10.5 Å². The third-order valence-corrected chi connectivity index (χ3v) is 4.84. The number of nitrogens with two attached hydrogens (primary N) is 1. The van der Waals surface area contributed by atoms with Crippen LogP contribution in [0.2, 0.25) is 0 Å². The van der Waals surface area contributed by atoms with Gasteiger partial charge in [0.05, 0.1) is 0 Å². The molecular weight excluding hydrogens is 334 g/mol. The van der Waals surface area contributed by atoms with Crippen LogP contribution in [0.1, 0.15) is 29.7 Å². The molecule has 0 bridgehead atoms. The number of hydrogen-bond acceptors (Lipinski definition) is 3. The molecule has 0 radical (unpaired) electrons. The van der Waals surface area contributed by atoms with E-state index in [1.807, 2.05) is 18.2 Å². The molecule has 1 unspecified atom stereocenters. The van der Waals surface area contributed by atoms with E-state index >= 15 is 0 Å². The van der Waals surface area contributed by atoms with Crippen molar-refractivity contribution in [3.05, 3.63) is 58.1 Å². The highest BCUT2D eigenvalue weighted by atomic mass is 79.9. The van der Waals surface area contributed by atoms with Crippen LogP contribution in [0.4, 0.5) is 0 Å². The number of thioether (sulfide) groups is 1. The summed E-state index contributed by atoms with van der Waals surface area (Å²) in [6.07, 6.45) is 2.92. The Hall–Kier alpha value is -0.970. The first-order valence-corrected chi connectivity index (χ1v) is 8.55. The highest BCUT2D eigenvalue weighted by Crippen LogP contribution is 2.40. The topological polar surface area (TPSA) is 35.2 Å². The van der Waals surface area contributed by atoms with Crippen LogP contribution in [0.15, 0.2) is 51.8 Å². The number of fused-ring (bicyclic) bond motifs is 1. The average molecular weight is 350 g/mol. The Morgan fingerprint density at radius 3 is 2.65 bits per heavy atom. The summed E-state index contributed by atoms with van der Waals surface area (Å²) in [4.78, 5) is 1.26. The van der Waals surface area contributed by atoms with E-state index in [-0.39, 0.29) is 12.1 Å². The van der Waals surface area contributed by atoms with Gasteiger partial charge in [0, 0.05) is 27.4 Å². The normalized spacial score (nSPS) is 21.1. The van der Waals surface area contributed by atoms with Crippen LogP contribution in [-0.2, 0) is 0 Å². The minimum absolute atomic E-state index is 0.0251. The molecule has 0 saturated heterocycles. The second-order valence-corrected chi connectivity index (χ2v) is 6.70. The van der Waals surface area contributed by atoms with E-state index in [4.69, 9.17) is 10.5 Å². The minimum Gasteiger partial charge on any atom is -0.485 e. The molecular formula is C16H16BrNOS. The Balaban J connectivity index is 1.89. The molecule has 0 aliphatic carbocycles. The summed E-state index contributed by atoms with van der Waals surface area (Å²) in [6, 6.07) is 14.6. The largest absolute Gasteiger partial charge is 0.485 e. The van der Waals surface area contributed by atoms with Gasteiger partial charge in [-0.3, -0.25) is 0 Å². The first-order chi connectivity index (χ1) is 9.67. The minimum atomic E-state index is 0.0251. The average Bonchev–Trinajstić information content (AvgIpc) is 2.46. The van der Waals surface area contributed by atoms with Crippen molar-refractivity contribution in [2.75, 3.05) is 6.26 Å². The van der Waals surface area contributed by atoms with Gasteiger partial charge in [-0.05, 0) is 36.1 Å². The Bertz CT molecular complexity index is 614. The third kappa shape index (κ3) is 2.73. The van der Waals surface area contributed by atoms with Crippen molar-refractivity contribution in [1.29, 1.82) is 0 Å². The summed E-state index contributed by atoms with van der Waals surface area (Å²) >= 11 is 5.23. The molecule has 20 heavy (non-hydrogen) atoms. The monoisotopic (exact) mass is 349 g/mol. The fraction of sp³-hybridized carbons (Fsp3) is 0.250. The standard InChI is InChI=1S/C16H16BrNOS/c1-20-12-5-2-10(3-6-12)15-9-14(18)13-7-4-11(17)8-16(13)19-15/h2-8,14-15H,9,18H2,1H3/t14-,15?/m0/s1. The van der Waals surface area contributed by atoms with Crippen molar-refractivity contribution >= 4 is 27.7 Å². The molecule has 2 atom stereocenters. The SMILES string of the molecule is CSc1ccc(C2C[C@H](N)c3ccc(Br)cc3O2)cc1. The third-order valence-electron chi connectivity index (χ3n) is 3.60.